The van der Waals surface area contributed by atoms with Gasteiger partial charge < -0.3 is 10.5 Å². The van der Waals surface area contributed by atoms with Gasteiger partial charge in [0.2, 0.25) is 0 Å². The first-order valence-electron chi connectivity index (χ1n) is 7.33. The summed E-state index contributed by atoms with van der Waals surface area (Å²) >= 11 is 0. The first kappa shape index (κ1) is 13.4. The van der Waals surface area contributed by atoms with Gasteiger partial charge in [-0.05, 0) is 43.4 Å². The van der Waals surface area contributed by atoms with Gasteiger partial charge in [0.25, 0.3) is 0 Å². The Morgan fingerprint density at radius 3 is 2.35 bits per heavy atom. The number of ether oxygens (including phenoxy) is 1. The fourth-order valence-corrected chi connectivity index (χ4v) is 4.09. The maximum absolute atomic E-state index is 6.47. The van der Waals surface area contributed by atoms with Crippen LogP contribution >= 0.6 is 0 Å². The molecule has 0 aromatic carbocycles. The molecule has 17 heavy (non-hydrogen) atoms. The van der Waals surface area contributed by atoms with Crippen LogP contribution in [0.4, 0.5) is 0 Å². The highest BCUT2D eigenvalue weighted by molar-refractivity contribution is 4.91. The first-order valence-corrected chi connectivity index (χ1v) is 7.33. The molecule has 0 spiro atoms. The second-order valence-electron chi connectivity index (χ2n) is 7.25. The number of nitrogens with two attached hydrogens (primary N) is 1. The standard InChI is InChI=1S/C15H29NO/c1-12-8-13(10-14(2,3)9-12)17-15(11-16)6-4-5-7-15/h12-13H,4-11,16H2,1-3H3. The summed E-state index contributed by atoms with van der Waals surface area (Å²) in [6.45, 7) is 7.82. The van der Waals surface area contributed by atoms with E-state index in [9.17, 15) is 0 Å². The molecule has 2 aliphatic carbocycles. The van der Waals surface area contributed by atoms with Crippen LogP contribution in [0.5, 0.6) is 0 Å². The molecule has 0 heterocycles. The molecule has 2 fully saturated rings. The van der Waals surface area contributed by atoms with Crippen molar-refractivity contribution in [1.82, 2.24) is 0 Å². The maximum atomic E-state index is 6.47. The molecule has 2 heteroatoms. The molecule has 2 unspecified atom stereocenters. The van der Waals surface area contributed by atoms with Crippen LogP contribution in [-0.2, 0) is 4.74 Å². The first-order chi connectivity index (χ1) is 7.95. The van der Waals surface area contributed by atoms with Crippen molar-refractivity contribution in [3.05, 3.63) is 0 Å². The van der Waals surface area contributed by atoms with Crippen molar-refractivity contribution in [2.24, 2.45) is 17.1 Å². The Bertz CT molecular complexity index is 256. The molecule has 100 valence electrons. The molecule has 2 saturated carbocycles. The zero-order valence-corrected chi connectivity index (χ0v) is 11.8. The lowest BCUT2D eigenvalue weighted by Crippen LogP contribution is -2.44. The number of hydrogen-bond donors (Lipinski definition) is 1. The van der Waals surface area contributed by atoms with Crippen LogP contribution in [0.3, 0.4) is 0 Å². The number of rotatable bonds is 3. The highest BCUT2D eigenvalue weighted by Gasteiger charge is 2.40. The van der Waals surface area contributed by atoms with E-state index in [-0.39, 0.29) is 5.60 Å². The van der Waals surface area contributed by atoms with Crippen LogP contribution in [-0.4, -0.2) is 18.2 Å². The van der Waals surface area contributed by atoms with Gasteiger partial charge in [0.15, 0.2) is 0 Å². The predicted octanol–water partition coefficient (Wildman–Crippen LogP) is 3.49. The minimum atomic E-state index is 0.0256. The fourth-order valence-electron chi connectivity index (χ4n) is 4.09. The summed E-state index contributed by atoms with van der Waals surface area (Å²) < 4.78 is 6.47. The molecular formula is C15H29NO. The normalized spacial score (nSPS) is 36.0. The van der Waals surface area contributed by atoms with Crippen molar-refractivity contribution in [2.75, 3.05) is 6.54 Å². The topological polar surface area (TPSA) is 35.2 Å². The zero-order chi connectivity index (χ0) is 12.5. The van der Waals surface area contributed by atoms with Gasteiger partial charge in [0, 0.05) is 6.54 Å². The lowest BCUT2D eigenvalue weighted by molar-refractivity contribution is -0.119. The second kappa shape index (κ2) is 4.89. The Morgan fingerprint density at radius 1 is 1.18 bits per heavy atom. The average molecular weight is 239 g/mol. The van der Waals surface area contributed by atoms with Gasteiger partial charge in [-0.3, -0.25) is 0 Å². The van der Waals surface area contributed by atoms with E-state index in [0.29, 0.717) is 18.1 Å². The Labute approximate surface area is 106 Å². The summed E-state index contributed by atoms with van der Waals surface area (Å²) in [4.78, 5) is 0. The third-order valence-corrected chi connectivity index (χ3v) is 4.65. The molecule has 2 nitrogen and oxygen atoms in total. The van der Waals surface area contributed by atoms with Crippen LogP contribution < -0.4 is 5.73 Å². The lowest BCUT2D eigenvalue weighted by Gasteiger charge is -2.42. The van der Waals surface area contributed by atoms with Gasteiger partial charge >= 0.3 is 0 Å². The molecule has 2 N–H and O–H groups in total. The van der Waals surface area contributed by atoms with E-state index in [1.807, 2.05) is 0 Å². The molecule has 0 radical (unpaired) electrons. The van der Waals surface area contributed by atoms with Crippen molar-refractivity contribution in [3.63, 3.8) is 0 Å². The maximum Gasteiger partial charge on any atom is 0.0807 e. The average Bonchev–Trinajstić information content (AvgIpc) is 2.63. The Kier molecular flexibility index (Phi) is 3.84. The van der Waals surface area contributed by atoms with Crippen molar-refractivity contribution in [1.29, 1.82) is 0 Å². The highest BCUT2D eigenvalue weighted by atomic mass is 16.5. The number of hydrogen-bond acceptors (Lipinski definition) is 2. The van der Waals surface area contributed by atoms with Crippen molar-refractivity contribution in [3.8, 4) is 0 Å². The van der Waals surface area contributed by atoms with Gasteiger partial charge in [-0.2, -0.15) is 0 Å². The van der Waals surface area contributed by atoms with Gasteiger partial charge in [0.1, 0.15) is 0 Å². The molecular weight excluding hydrogens is 210 g/mol. The Hall–Kier alpha value is -0.0800. The van der Waals surface area contributed by atoms with E-state index in [0.717, 1.165) is 5.92 Å². The molecule has 2 aliphatic rings. The van der Waals surface area contributed by atoms with Crippen molar-refractivity contribution >= 4 is 0 Å². The van der Waals surface area contributed by atoms with Crippen LogP contribution in [0, 0.1) is 11.3 Å². The molecule has 0 bridgehead atoms. The van der Waals surface area contributed by atoms with E-state index in [2.05, 4.69) is 20.8 Å². The Morgan fingerprint density at radius 2 is 1.82 bits per heavy atom. The summed E-state index contributed by atoms with van der Waals surface area (Å²) in [5.41, 5.74) is 6.43. The summed E-state index contributed by atoms with van der Waals surface area (Å²) in [5.74, 6) is 0.792. The highest BCUT2D eigenvalue weighted by Crippen LogP contribution is 2.43. The van der Waals surface area contributed by atoms with Crippen molar-refractivity contribution < 1.29 is 4.74 Å². The molecule has 0 amide bonds. The quantitative estimate of drug-likeness (QED) is 0.818. The minimum Gasteiger partial charge on any atom is -0.370 e. The monoisotopic (exact) mass is 239 g/mol. The molecule has 0 aliphatic heterocycles. The van der Waals surface area contributed by atoms with Gasteiger partial charge in [-0.25, -0.2) is 0 Å². The van der Waals surface area contributed by atoms with Crippen LogP contribution in [0.15, 0.2) is 0 Å². The fraction of sp³-hybridized carbons (Fsp3) is 1.00. The molecule has 0 aromatic rings. The largest absolute Gasteiger partial charge is 0.370 e. The Balaban J connectivity index is 1.97. The van der Waals surface area contributed by atoms with Gasteiger partial charge in [-0.15, -0.1) is 0 Å². The summed E-state index contributed by atoms with van der Waals surface area (Å²) in [6.07, 6.45) is 9.15. The molecule has 0 saturated heterocycles. The van der Waals surface area contributed by atoms with E-state index < -0.39 is 0 Å². The second-order valence-corrected chi connectivity index (χ2v) is 7.25. The summed E-state index contributed by atoms with van der Waals surface area (Å²) in [5, 5.41) is 0. The molecule has 0 aromatic heterocycles. The van der Waals surface area contributed by atoms with Crippen molar-refractivity contribution in [2.45, 2.75) is 77.4 Å². The SMILES string of the molecule is CC1CC(OC2(CN)CCCC2)CC(C)(C)C1. The molecule has 2 rings (SSSR count). The molecule has 2 atom stereocenters. The summed E-state index contributed by atoms with van der Waals surface area (Å²) in [7, 11) is 0. The van der Waals surface area contributed by atoms with E-state index in [1.54, 1.807) is 0 Å². The van der Waals surface area contributed by atoms with Crippen LogP contribution in [0.25, 0.3) is 0 Å². The lowest BCUT2D eigenvalue weighted by atomic mass is 9.71. The third-order valence-electron chi connectivity index (χ3n) is 4.65. The summed E-state index contributed by atoms with van der Waals surface area (Å²) in [6, 6.07) is 0. The smallest absolute Gasteiger partial charge is 0.0807 e. The van der Waals surface area contributed by atoms with Crippen LogP contribution in [0.1, 0.15) is 65.7 Å². The van der Waals surface area contributed by atoms with Crippen LogP contribution in [0.2, 0.25) is 0 Å². The third kappa shape index (κ3) is 3.23. The zero-order valence-electron chi connectivity index (χ0n) is 11.8. The van der Waals surface area contributed by atoms with Gasteiger partial charge in [0.05, 0.1) is 11.7 Å². The van der Waals surface area contributed by atoms with E-state index >= 15 is 0 Å². The van der Waals surface area contributed by atoms with Gasteiger partial charge in [-0.1, -0.05) is 33.6 Å². The minimum absolute atomic E-state index is 0.0256. The van der Waals surface area contributed by atoms with E-state index in [4.69, 9.17) is 10.5 Å². The predicted molar refractivity (Wildman–Crippen MR) is 71.9 cm³/mol. The van der Waals surface area contributed by atoms with E-state index in [1.165, 1.54) is 44.9 Å².